The van der Waals surface area contributed by atoms with Gasteiger partial charge >= 0.3 is 0 Å². The van der Waals surface area contributed by atoms with Crippen molar-refractivity contribution in [1.82, 2.24) is 0 Å². The molecule has 0 saturated carbocycles. The maximum absolute atomic E-state index is 2.61. The van der Waals surface area contributed by atoms with Crippen molar-refractivity contribution >= 4 is 34.1 Å². The topological polar surface area (TPSA) is 6.48 Å². The standard InChI is InChI=1S/C78H79N.C62H67N/c1-72(2,3)48-28-34-57-59-36-30-50(44-69(59)77(14,15)67(57)40-48)79(51-31-37-60-58-35-29-49(73(4,5)6)41-68(58)78(16,17)70(60)45-51)52-42-61(46-26-32-55-53-22-18-20-24-63(53)75(10,11)65(55)38-46)71(74(7,8)9)62(43-52)47-27-33-56-54-23-19-21-25-64(54)76(12,13)66(56)39-47;1-38-16-24-44(25-17-38)63(45-26-18-39(2)19-27-45)46-36-51(40-20-28-47-49-30-22-42(58(3,4)5)34-55(49)61(12,13)53(47)32-40)57(60(9,10)11)52(37-46)41-21-29-48-50-31-23-43(59(6,7)8)35-56(50)62(14,15)54(48)33-41/h18-45H,1-17H3;16-37H,1-15H3. The molecule has 6 aliphatic carbocycles. The molecule has 0 N–H and O–H groups in total. The van der Waals surface area contributed by atoms with Crippen molar-refractivity contribution < 1.29 is 0 Å². The van der Waals surface area contributed by atoms with E-state index in [2.05, 4.69) is 535 Å². The maximum Gasteiger partial charge on any atom is 0.0474 e. The minimum absolute atomic E-state index is 0.0446. The molecule has 6 aliphatic rings. The average molecular weight is 1860 g/mol. The summed E-state index contributed by atoms with van der Waals surface area (Å²) in [5, 5.41) is 0. The van der Waals surface area contributed by atoms with E-state index < -0.39 is 0 Å². The van der Waals surface area contributed by atoms with Crippen molar-refractivity contribution in [3.05, 3.63) is 415 Å². The Morgan fingerprint density at radius 3 is 0.585 bits per heavy atom. The van der Waals surface area contributed by atoms with Crippen molar-refractivity contribution in [3.8, 4) is 111 Å². The molecule has 0 atom stereocenters. The Bertz CT molecular complexity index is 7470. The summed E-state index contributed by atoms with van der Waals surface area (Å²) < 4.78 is 0. The number of nitrogens with zero attached hydrogens (tertiary/aromatic N) is 2. The van der Waals surface area contributed by atoms with Crippen molar-refractivity contribution in [3.63, 3.8) is 0 Å². The third kappa shape index (κ3) is 15.3. The Hall–Kier alpha value is -12.9. The van der Waals surface area contributed by atoms with Crippen LogP contribution < -0.4 is 9.80 Å². The summed E-state index contributed by atoms with van der Waals surface area (Å²) in [6.45, 7) is 75.8. The fourth-order valence-electron chi connectivity index (χ4n) is 25.5. The van der Waals surface area contributed by atoms with Crippen molar-refractivity contribution in [1.29, 1.82) is 0 Å². The highest BCUT2D eigenvalue weighted by Crippen LogP contribution is 2.62. The van der Waals surface area contributed by atoms with Gasteiger partial charge in [0.25, 0.3) is 0 Å². The maximum atomic E-state index is 2.61. The van der Waals surface area contributed by atoms with Gasteiger partial charge in [0.2, 0.25) is 0 Å². The van der Waals surface area contributed by atoms with Crippen LogP contribution in [0.15, 0.2) is 303 Å². The van der Waals surface area contributed by atoms with Crippen LogP contribution in [0.1, 0.15) is 319 Å². The quantitative estimate of drug-likeness (QED) is 0.135. The highest BCUT2D eigenvalue weighted by Gasteiger charge is 2.46. The van der Waals surface area contributed by atoms with E-state index in [0.29, 0.717) is 0 Å². The molecule has 0 spiro atoms. The number of fused-ring (bicyclic) bond motifs is 18. The Balaban J connectivity index is 0.000000173. The molecule has 0 fully saturated rings. The van der Waals surface area contributed by atoms with Crippen LogP contribution in [0, 0.1) is 13.8 Å². The molecule has 716 valence electrons. The van der Waals surface area contributed by atoms with E-state index in [9.17, 15) is 0 Å². The third-order valence-corrected chi connectivity index (χ3v) is 33.9. The normalized spacial score (nSPS) is 15.7. The Morgan fingerprint density at radius 2 is 0.345 bits per heavy atom. The first-order chi connectivity index (χ1) is 66.5. The Labute approximate surface area is 850 Å². The van der Waals surface area contributed by atoms with Gasteiger partial charge in [-0.05, 0) is 355 Å². The van der Waals surface area contributed by atoms with Crippen LogP contribution in [-0.2, 0) is 65.0 Å². The molecule has 142 heavy (non-hydrogen) atoms. The van der Waals surface area contributed by atoms with Gasteiger partial charge in [0, 0.05) is 66.6 Å². The number of rotatable bonds is 10. The summed E-state index contributed by atoms with van der Waals surface area (Å²) in [7, 11) is 0. The molecular formula is C140H146N2. The predicted molar refractivity (Wildman–Crippen MR) is 611 cm³/mol. The Morgan fingerprint density at radius 1 is 0.155 bits per heavy atom. The number of aryl methyl sites for hydroxylation is 2. The van der Waals surface area contributed by atoms with E-state index in [1.165, 1.54) is 223 Å². The van der Waals surface area contributed by atoms with Crippen LogP contribution in [0.25, 0.3) is 111 Å². The second kappa shape index (κ2) is 32.3. The zero-order valence-electron chi connectivity index (χ0n) is 90.8. The highest BCUT2D eigenvalue weighted by atomic mass is 15.1. The molecule has 0 aromatic heterocycles. The van der Waals surface area contributed by atoms with Crippen molar-refractivity contribution in [2.24, 2.45) is 0 Å². The van der Waals surface area contributed by atoms with Crippen LogP contribution in [0.2, 0.25) is 0 Å². The van der Waals surface area contributed by atoms with E-state index in [1.54, 1.807) is 0 Å². The fourth-order valence-corrected chi connectivity index (χ4v) is 25.5. The van der Waals surface area contributed by atoms with Gasteiger partial charge in [0.05, 0.1) is 0 Å². The first-order valence-corrected chi connectivity index (χ1v) is 52.3. The highest BCUT2D eigenvalue weighted by molar-refractivity contribution is 5.98. The van der Waals surface area contributed by atoms with Crippen LogP contribution in [0.4, 0.5) is 34.1 Å². The van der Waals surface area contributed by atoms with E-state index in [4.69, 9.17) is 0 Å². The minimum Gasteiger partial charge on any atom is -0.310 e. The zero-order chi connectivity index (χ0) is 101. The molecule has 0 aliphatic heterocycles. The molecule has 2 heteroatoms. The van der Waals surface area contributed by atoms with E-state index in [1.807, 2.05) is 0 Å². The van der Waals surface area contributed by atoms with Gasteiger partial charge in [-0.2, -0.15) is 0 Å². The van der Waals surface area contributed by atoms with E-state index in [-0.39, 0.29) is 65.0 Å². The van der Waals surface area contributed by atoms with Crippen LogP contribution in [0.3, 0.4) is 0 Å². The minimum atomic E-state index is -0.229. The van der Waals surface area contributed by atoms with Gasteiger partial charge in [-0.25, -0.2) is 0 Å². The summed E-state index contributed by atoms with van der Waals surface area (Å²) in [5.41, 5.74) is 59.5. The average Bonchev–Trinajstić information content (AvgIpc) is 1.53. The smallest absolute Gasteiger partial charge is 0.0474 e. The predicted octanol–water partition coefficient (Wildman–Crippen LogP) is 39.2. The van der Waals surface area contributed by atoms with E-state index >= 15 is 0 Å². The van der Waals surface area contributed by atoms with Gasteiger partial charge in [0.1, 0.15) is 0 Å². The van der Waals surface area contributed by atoms with Crippen LogP contribution >= 0.6 is 0 Å². The first kappa shape index (κ1) is 95.3. The molecule has 0 unspecified atom stereocenters. The van der Waals surface area contributed by atoms with Gasteiger partial charge in [0.15, 0.2) is 0 Å². The third-order valence-electron chi connectivity index (χ3n) is 33.9. The largest absolute Gasteiger partial charge is 0.310 e. The van der Waals surface area contributed by atoms with E-state index in [0.717, 1.165) is 34.1 Å². The van der Waals surface area contributed by atoms with Crippen LogP contribution in [0.5, 0.6) is 0 Å². The number of hydrogen-bond acceptors (Lipinski definition) is 2. The monoisotopic (exact) mass is 1860 g/mol. The van der Waals surface area contributed by atoms with Gasteiger partial charge in [-0.3, -0.25) is 0 Å². The lowest BCUT2D eigenvalue weighted by atomic mass is 9.75. The molecule has 22 rings (SSSR count). The van der Waals surface area contributed by atoms with Crippen molar-refractivity contribution in [2.75, 3.05) is 9.80 Å². The molecule has 0 saturated heterocycles. The molecule has 0 amide bonds. The second-order valence-corrected chi connectivity index (χ2v) is 52.1. The summed E-state index contributed by atoms with van der Waals surface area (Å²) in [6.07, 6.45) is 0. The summed E-state index contributed by atoms with van der Waals surface area (Å²) >= 11 is 0. The molecule has 16 aromatic carbocycles. The first-order valence-electron chi connectivity index (χ1n) is 52.3. The molecule has 2 nitrogen and oxygen atoms in total. The zero-order valence-corrected chi connectivity index (χ0v) is 90.8. The molecule has 0 bridgehead atoms. The molecular weight excluding hydrogens is 1710 g/mol. The molecule has 0 radical (unpaired) electrons. The molecule has 16 aromatic rings. The summed E-state index contributed by atoms with van der Waals surface area (Å²) in [6, 6.07) is 119. The fraction of sp³-hybridized carbons (Fsp3) is 0.314. The van der Waals surface area contributed by atoms with Gasteiger partial charge < -0.3 is 9.80 Å². The van der Waals surface area contributed by atoms with Gasteiger partial charge in [-0.1, -0.05) is 425 Å². The number of anilines is 6. The number of hydrogen-bond donors (Lipinski definition) is 0. The SMILES string of the molecule is CC(C)(C)c1ccc2c(c1)C(C)(C)c1cc(N(c3cc(-c4ccc5c(c4)C(C)(C)c4ccccc4-5)c(C(C)(C)C)c(-c4ccc5c(c4)C(C)(C)c4ccccc4-5)c3)c3ccc4c(c3)C(C)(C)c3cc(C(C)(C)C)ccc3-4)ccc1-2.Cc1ccc(N(c2ccc(C)cc2)c2cc(-c3ccc4c(c3)C(C)(C)c3cc(C(C)(C)C)ccc3-4)c(C(C)(C)C)c(-c3ccc4c(c3)C(C)(C)c3cc(C(C)(C)C)ccc3-4)c2)cc1. The number of benzene rings is 16. The lowest BCUT2D eigenvalue weighted by Crippen LogP contribution is -2.20. The lowest BCUT2D eigenvalue weighted by molar-refractivity contribution is 0.584. The lowest BCUT2D eigenvalue weighted by Gasteiger charge is -2.33. The van der Waals surface area contributed by atoms with Crippen molar-refractivity contribution in [2.45, 2.75) is 287 Å². The summed E-state index contributed by atoms with van der Waals surface area (Å²) in [4.78, 5) is 5.07. The van der Waals surface area contributed by atoms with Gasteiger partial charge in [-0.15, -0.1) is 0 Å². The molecule has 0 heterocycles. The van der Waals surface area contributed by atoms with Crippen LogP contribution in [-0.4, -0.2) is 0 Å². The second-order valence-electron chi connectivity index (χ2n) is 52.1. The Kier molecular flexibility index (Phi) is 21.7. The summed E-state index contributed by atoms with van der Waals surface area (Å²) in [5.74, 6) is 0.